The zero-order valence-corrected chi connectivity index (χ0v) is 15.7. The van der Waals surface area contributed by atoms with Crippen LogP contribution in [0, 0.1) is 5.41 Å². The number of rotatable bonds is 7. The fraction of sp³-hybridized carbons (Fsp3) is 0.650. The standard InChI is InChI=1S/C20H30ClNO/c1-19(2,12-6-14-22-13-5-7-18(22)23)15-20(3,4)16-8-10-17(21)11-9-16/h8-11H,5-7,12-15H2,1-4H3. The zero-order valence-electron chi connectivity index (χ0n) is 15.0. The van der Waals surface area contributed by atoms with Gasteiger partial charge in [-0.15, -0.1) is 0 Å². The van der Waals surface area contributed by atoms with E-state index >= 15 is 0 Å². The molecule has 0 spiro atoms. The van der Waals surface area contributed by atoms with Crippen LogP contribution in [0.25, 0.3) is 0 Å². The molecule has 0 aliphatic carbocycles. The second-order valence-electron chi connectivity index (χ2n) is 8.32. The lowest BCUT2D eigenvalue weighted by atomic mass is 9.70. The van der Waals surface area contributed by atoms with Crippen molar-refractivity contribution in [2.75, 3.05) is 13.1 Å². The molecule has 128 valence electrons. The minimum absolute atomic E-state index is 0.123. The molecule has 0 aromatic heterocycles. The number of likely N-dealkylation sites (tertiary alicyclic amines) is 1. The largest absolute Gasteiger partial charge is 0.343 e. The van der Waals surface area contributed by atoms with Crippen molar-refractivity contribution in [1.82, 2.24) is 4.90 Å². The molecule has 0 radical (unpaired) electrons. The van der Waals surface area contributed by atoms with Crippen molar-refractivity contribution in [2.24, 2.45) is 5.41 Å². The molecule has 2 nitrogen and oxygen atoms in total. The SMILES string of the molecule is CC(C)(CCCN1CCCC1=O)CC(C)(C)c1ccc(Cl)cc1. The summed E-state index contributed by atoms with van der Waals surface area (Å²) in [6.45, 7) is 11.2. The number of nitrogens with zero attached hydrogens (tertiary/aromatic N) is 1. The predicted molar refractivity (Wildman–Crippen MR) is 97.9 cm³/mol. The molecule has 1 aromatic rings. The van der Waals surface area contributed by atoms with Gasteiger partial charge in [0.05, 0.1) is 0 Å². The minimum atomic E-state index is 0.123. The van der Waals surface area contributed by atoms with Crippen LogP contribution in [0.1, 0.15) is 65.4 Å². The Morgan fingerprint density at radius 3 is 2.35 bits per heavy atom. The number of halogens is 1. The van der Waals surface area contributed by atoms with Crippen molar-refractivity contribution in [3.05, 3.63) is 34.9 Å². The third-order valence-electron chi connectivity index (χ3n) is 5.00. The summed E-state index contributed by atoms with van der Waals surface area (Å²) < 4.78 is 0. The highest BCUT2D eigenvalue weighted by Crippen LogP contribution is 2.39. The van der Waals surface area contributed by atoms with Gasteiger partial charge in [0.25, 0.3) is 0 Å². The van der Waals surface area contributed by atoms with Crippen LogP contribution in [0.5, 0.6) is 0 Å². The van der Waals surface area contributed by atoms with Crippen LogP contribution in [0.3, 0.4) is 0 Å². The molecule has 1 aliphatic heterocycles. The van der Waals surface area contributed by atoms with Crippen LogP contribution in [-0.4, -0.2) is 23.9 Å². The molecule has 1 saturated heterocycles. The zero-order chi connectivity index (χ0) is 17.1. The fourth-order valence-electron chi connectivity index (χ4n) is 3.98. The van der Waals surface area contributed by atoms with Gasteiger partial charge in [-0.05, 0) is 54.2 Å². The van der Waals surface area contributed by atoms with E-state index in [4.69, 9.17) is 11.6 Å². The number of benzene rings is 1. The van der Waals surface area contributed by atoms with Gasteiger partial charge in [0, 0.05) is 24.5 Å². The van der Waals surface area contributed by atoms with Crippen molar-refractivity contribution in [3.8, 4) is 0 Å². The molecule has 1 heterocycles. The van der Waals surface area contributed by atoms with Gasteiger partial charge in [-0.1, -0.05) is 51.4 Å². The van der Waals surface area contributed by atoms with Crippen LogP contribution >= 0.6 is 11.6 Å². The van der Waals surface area contributed by atoms with Crippen LogP contribution in [0.4, 0.5) is 0 Å². The summed E-state index contributed by atoms with van der Waals surface area (Å²) in [7, 11) is 0. The molecule has 1 fully saturated rings. The van der Waals surface area contributed by atoms with E-state index in [9.17, 15) is 4.79 Å². The molecule has 1 amide bonds. The maximum atomic E-state index is 11.7. The molecule has 2 rings (SSSR count). The Morgan fingerprint density at radius 2 is 1.78 bits per heavy atom. The van der Waals surface area contributed by atoms with E-state index < -0.39 is 0 Å². The molecular weight excluding hydrogens is 306 g/mol. The van der Waals surface area contributed by atoms with E-state index in [0.29, 0.717) is 5.91 Å². The number of hydrogen-bond donors (Lipinski definition) is 0. The highest BCUT2D eigenvalue weighted by atomic mass is 35.5. The summed E-state index contributed by atoms with van der Waals surface area (Å²) in [5, 5.41) is 0.791. The van der Waals surface area contributed by atoms with Crippen molar-refractivity contribution in [1.29, 1.82) is 0 Å². The van der Waals surface area contributed by atoms with Crippen molar-refractivity contribution < 1.29 is 4.79 Å². The monoisotopic (exact) mass is 335 g/mol. The highest BCUT2D eigenvalue weighted by Gasteiger charge is 2.30. The first-order chi connectivity index (χ1) is 10.7. The van der Waals surface area contributed by atoms with Gasteiger partial charge in [-0.25, -0.2) is 0 Å². The van der Waals surface area contributed by atoms with Gasteiger partial charge >= 0.3 is 0 Å². The molecule has 0 N–H and O–H groups in total. The average molecular weight is 336 g/mol. The summed E-state index contributed by atoms with van der Waals surface area (Å²) in [6, 6.07) is 8.23. The first kappa shape index (κ1) is 18.3. The molecule has 0 bridgehead atoms. The van der Waals surface area contributed by atoms with Crippen molar-refractivity contribution in [2.45, 2.75) is 65.2 Å². The van der Waals surface area contributed by atoms with Gasteiger partial charge in [0.15, 0.2) is 0 Å². The first-order valence-corrected chi connectivity index (χ1v) is 9.11. The van der Waals surface area contributed by atoms with Gasteiger partial charge in [-0.2, -0.15) is 0 Å². The van der Waals surface area contributed by atoms with Crippen LogP contribution in [0.2, 0.25) is 5.02 Å². The molecule has 23 heavy (non-hydrogen) atoms. The highest BCUT2D eigenvalue weighted by molar-refractivity contribution is 6.30. The molecule has 1 aliphatic rings. The molecular formula is C20H30ClNO. The van der Waals surface area contributed by atoms with Crippen LogP contribution in [-0.2, 0) is 10.2 Å². The van der Waals surface area contributed by atoms with Gasteiger partial charge in [0.1, 0.15) is 0 Å². The molecule has 1 aromatic carbocycles. The Kier molecular flexibility index (Phi) is 5.78. The number of hydrogen-bond acceptors (Lipinski definition) is 1. The third-order valence-corrected chi connectivity index (χ3v) is 5.25. The summed E-state index contributed by atoms with van der Waals surface area (Å²) >= 11 is 6.01. The van der Waals surface area contributed by atoms with E-state index in [1.165, 1.54) is 5.56 Å². The number of carbonyl (C=O) groups is 1. The summed E-state index contributed by atoms with van der Waals surface area (Å²) in [5.41, 5.74) is 1.72. The quantitative estimate of drug-likeness (QED) is 0.650. The lowest BCUT2D eigenvalue weighted by Crippen LogP contribution is -2.29. The van der Waals surface area contributed by atoms with Crippen LogP contribution in [0.15, 0.2) is 24.3 Å². The lowest BCUT2D eigenvalue weighted by Gasteiger charge is -2.36. The summed E-state index contributed by atoms with van der Waals surface area (Å²) in [5.74, 6) is 0.337. The van der Waals surface area contributed by atoms with E-state index in [0.717, 1.165) is 50.2 Å². The topological polar surface area (TPSA) is 20.3 Å². The molecule has 0 saturated carbocycles. The Morgan fingerprint density at radius 1 is 1.13 bits per heavy atom. The molecule has 0 unspecified atom stereocenters. The summed E-state index contributed by atoms with van der Waals surface area (Å²) in [4.78, 5) is 13.7. The normalized spacial score (nSPS) is 16.2. The first-order valence-electron chi connectivity index (χ1n) is 8.73. The van der Waals surface area contributed by atoms with Crippen molar-refractivity contribution >= 4 is 17.5 Å². The number of carbonyl (C=O) groups excluding carboxylic acids is 1. The maximum absolute atomic E-state index is 11.7. The maximum Gasteiger partial charge on any atom is 0.222 e. The van der Waals surface area contributed by atoms with Crippen LogP contribution < -0.4 is 0 Å². The fourth-order valence-corrected chi connectivity index (χ4v) is 4.10. The van der Waals surface area contributed by atoms with Gasteiger partial charge in [0.2, 0.25) is 5.91 Å². The van der Waals surface area contributed by atoms with E-state index in [1.54, 1.807) is 0 Å². The molecule has 3 heteroatoms. The lowest BCUT2D eigenvalue weighted by molar-refractivity contribution is -0.127. The third kappa shape index (κ3) is 5.24. The average Bonchev–Trinajstić information content (AvgIpc) is 2.83. The van der Waals surface area contributed by atoms with E-state index in [1.807, 2.05) is 17.0 Å². The smallest absolute Gasteiger partial charge is 0.222 e. The Balaban J connectivity index is 1.88. The van der Waals surface area contributed by atoms with E-state index in [2.05, 4.69) is 39.8 Å². The summed E-state index contributed by atoms with van der Waals surface area (Å²) in [6.07, 6.45) is 5.14. The number of amides is 1. The van der Waals surface area contributed by atoms with Gasteiger partial charge < -0.3 is 4.90 Å². The minimum Gasteiger partial charge on any atom is -0.343 e. The predicted octanol–water partition coefficient (Wildman–Crippen LogP) is 5.44. The Labute approximate surface area is 146 Å². The van der Waals surface area contributed by atoms with E-state index in [-0.39, 0.29) is 10.8 Å². The Bertz CT molecular complexity index is 533. The second-order valence-corrected chi connectivity index (χ2v) is 8.76. The second kappa shape index (κ2) is 7.25. The van der Waals surface area contributed by atoms with Gasteiger partial charge in [-0.3, -0.25) is 4.79 Å². The Hall–Kier alpha value is -1.02. The van der Waals surface area contributed by atoms with Crippen molar-refractivity contribution in [3.63, 3.8) is 0 Å². The molecule has 0 atom stereocenters.